The minimum Gasteiger partial charge on any atom is -0.439 e. The molecule has 0 atom stereocenters. The Morgan fingerprint density at radius 2 is 1.90 bits per heavy atom. The molecule has 0 fully saturated rings. The molecule has 0 radical (unpaired) electrons. The molecule has 0 saturated carbocycles. The number of nitrogens with zero attached hydrogens (tertiary/aromatic N) is 1. The number of hydrogen-bond acceptors (Lipinski definition) is 3. The maximum atomic E-state index is 13.3. The first kappa shape index (κ1) is 14.5. The second-order valence-corrected chi connectivity index (χ2v) is 4.91. The molecule has 0 bridgehead atoms. The Morgan fingerprint density at radius 3 is 2.55 bits per heavy atom. The molecule has 0 amide bonds. The number of rotatable bonds is 4. The zero-order valence-corrected chi connectivity index (χ0v) is 12.2. The highest BCUT2D eigenvalue weighted by atomic mass is 19.1. The molecule has 20 heavy (non-hydrogen) atoms. The highest BCUT2D eigenvalue weighted by molar-refractivity contribution is 5.39. The Hall–Kier alpha value is -1.94. The van der Waals surface area contributed by atoms with Crippen molar-refractivity contribution in [2.24, 2.45) is 0 Å². The van der Waals surface area contributed by atoms with E-state index in [1.165, 1.54) is 6.07 Å². The SMILES string of the molecule is CNCc1c(C)cc(C)nc1Oc1ccc(F)c(C)c1. The third-order valence-corrected chi connectivity index (χ3v) is 3.13. The van der Waals surface area contributed by atoms with Crippen LogP contribution in [0.25, 0.3) is 0 Å². The van der Waals surface area contributed by atoms with Gasteiger partial charge in [0.15, 0.2) is 0 Å². The van der Waals surface area contributed by atoms with Gasteiger partial charge in [0.25, 0.3) is 0 Å². The lowest BCUT2D eigenvalue weighted by atomic mass is 10.1. The highest BCUT2D eigenvalue weighted by Gasteiger charge is 2.11. The Kier molecular flexibility index (Phi) is 4.35. The molecular formula is C16H19FN2O. The molecule has 0 aliphatic heterocycles. The zero-order valence-electron chi connectivity index (χ0n) is 12.2. The van der Waals surface area contributed by atoms with E-state index in [1.807, 2.05) is 27.0 Å². The van der Waals surface area contributed by atoms with E-state index in [2.05, 4.69) is 10.3 Å². The summed E-state index contributed by atoms with van der Waals surface area (Å²) in [6, 6.07) is 6.73. The van der Waals surface area contributed by atoms with Crippen molar-refractivity contribution in [1.29, 1.82) is 0 Å². The molecule has 2 rings (SSSR count). The van der Waals surface area contributed by atoms with E-state index >= 15 is 0 Å². The minimum atomic E-state index is -0.235. The van der Waals surface area contributed by atoms with Gasteiger partial charge in [-0.05, 0) is 63.2 Å². The molecule has 2 aromatic rings. The van der Waals surface area contributed by atoms with Gasteiger partial charge in [0.1, 0.15) is 11.6 Å². The molecule has 1 aromatic heterocycles. The lowest BCUT2D eigenvalue weighted by Crippen LogP contribution is -2.09. The van der Waals surface area contributed by atoms with Crippen LogP contribution in [0.3, 0.4) is 0 Å². The van der Waals surface area contributed by atoms with Gasteiger partial charge in [-0.2, -0.15) is 0 Å². The maximum Gasteiger partial charge on any atom is 0.224 e. The van der Waals surface area contributed by atoms with Crippen LogP contribution in [0.1, 0.15) is 22.4 Å². The fourth-order valence-corrected chi connectivity index (χ4v) is 2.10. The first-order valence-electron chi connectivity index (χ1n) is 6.57. The predicted molar refractivity (Wildman–Crippen MR) is 77.7 cm³/mol. The molecule has 1 N–H and O–H groups in total. The number of halogens is 1. The summed E-state index contributed by atoms with van der Waals surface area (Å²) in [5.74, 6) is 0.933. The molecule has 0 saturated heterocycles. The number of pyridine rings is 1. The van der Waals surface area contributed by atoms with Crippen LogP contribution in [0.5, 0.6) is 11.6 Å². The third-order valence-electron chi connectivity index (χ3n) is 3.13. The summed E-state index contributed by atoms with van der Waals surface area (Å²) in [5.41, 5.74) is 3.60. The largest absolute Gasteiger partial charge is 0.439 e. The number of hydrogen-bond donors (Lipinski definition) is 1. The fourth-order valence-electron chi connectivity index (χ4n) is 2.10. The quantitative estimate of drug-likeness (QED) is 0.924. The van der Waals surface area contributed by atoms with Gasteiger partial charge in [0.05, 0.1) is 0 Å². The van der Waals surface area contributed by atoms with Crippen LogP contribution in [0.2, 0.25) is 0 Å². The van der Waals surface area contributed by atoms with Gasteiger partial charge in [0, 0.05) is 17.8 Å². The Morgan fingerprint density at radius 1 is 1.15 bits per heavy atom. The van der Waals surface area contributed by atoms with Crippen LogP contribution in [-0.4, -0.2) is 12.0 Å². The van der Waals surface area contributed by atoms with Gasteiger partial charge in [-0.15, -0.1) is 0 Å². The molecule has 0 aliphatic rings. The fraction of sp³-hybridized carbons (Fsp3) is 0.312. The van der Waals surface area contributed by atoms with Crippen molar-refractivity contribution >= 4 is 0 Å². The van der Waals surface area contributed by atoms with Gasteiger partial charge in [-0.25, -0.2) is 9.37 Å². The van der Waals surface area contributed by atoms with Crippen molar-refractivity contribution in [1.82, 2.24) is 10.3 Å². The van der Waals surface area contributed by atoms with Crippen LogP contribution in [0.15, 0.2) is 24.3 Å². The summed E-state index contributed by atoms with van der Waals surface area (Å²) in [6.07, 6.45) is 0. The lowest BCUT2D eigenvalue weighted by Gasteiger charge is -2.14. The van der Waals surface area contributed by atoms with Crippen LogP contribution >= 0.6 is 0 Å². The topological polar surface area (TPSA) is 34.2 Å². The maximum absolute atomic E-state index is 13.3. The first-order valence-corrected chi connectivity index (χ1v) is 6.57. The number of benzene rings is 1. The summed E-state index contributed by atoms with van der Waals surface area (Å²) < 4.78 is 19.1. The summed E-state index contributed by atoms with van der Waals surface area (Å²) >= 11 is 0. The average Bonchev–Trinajstić information content (AvgIpc) is 2.38. The molecule has 4 heteroatoms. The Bertz CT molecular complexity index is 626. The smallest absolute Gasteiger partial charge is 0.224 e. The van der Waals surface area contributed by atoms with Gasteiger partial charge < -0.3 is 10.1 Å². The van der Waals surface area contributed by atoms with Gasteiger partial charge >= 0.3 is 0 Å². The van der Waals surface area contributed by atoms with Gasteiger partial charge in [-0.1, -0.05) is 0 Å². The second kappa shape index (κ2) is 6.01. The second-order valence-electron chi connectivity index (χ2n) is 4.91. The van der Waals surface area contributed by atoms with Crippen molar-refractivity contribution in [3.63, 3.8) is 0 Å². The Labute approximate surface area is 118 Å². The van der Waals surface area contributed by atoms with E-state index in [9.17, 15) is 4.39 Å². The van der Waals surface area contributed by atoms with E-state index in [1.54, 1.807) is 19.1 Å². The summed E-state index contributed by atoms with van der Waals surface area (Å²) in [4.78, 5) is 4.44. The molecule has 106 valence electrons. The number of nitrogens with one attached hydrogen (secondary N) is 1. The third kappa shape index (κ3) is 3.14. The molecule has 3 nitrogen and oxygen atoms in total. The minimum absolute atomic E-state index is 0.235. The summed E-state index contributed by atoms with van der Waals surface area (Å²) in [6.45, 7) is 6.35. The molecule has 0 aliphatic carbocycles. The van der Waals surface area contributed by atoms with Gasteiger partial charge in [-0.3, -0.25) is 0 Å². The molecule has 0 unspecified atom stereocenters. The van der Waals surface area contributed by atoms with E-state index < -0.39 is 0 Å². The number of ether oxygens (including phenoxy) is 1. The monoisotopic (exact) mass is 274 g/mol. The van der Waals surface area contributed by atoms with Gasteiger partial charge in [0.2, 0.25) is 5.88 Å². The van der Waals surface area contributed by atoms with E-state index in [4.69, 9.17) is 4.74 Å². The van der Waals surface area contributed by atoms with Crippen molar-refractivity contribution in [3.8, 4) is 11.6 Å². The number of aryl methyl sites for hydroxylation is 3. The summed E-state index contributed by atoms with van der Waals surface area (Å²) in [7, 11) is 1.88. The standard InChI is InChI=1S/C16H19FN2O/c1-10-7-12(3)19-16(14(10)9-18-4)20-13-5-6-15(17)11(2)8-13/h5-8,18H,9H2,1-4H3. The van der Waals surface area contributed by atoms with Crippen molar-refractivity contribution in [2.75, 3.05) is 7.05 Å². The van der Waals surface area contributed by atoms with E-state index in [0.717, 1.165) is 16.8 Å². The van der Waals surface area contributed by atoms with E-state index in [-0.39, 0.29) is 5.82 Å². The average molecular weight is 274 g/mol. The lowest BCUT2D eigenvalue weighted by molar-refractivity contribution is 0.450. The van der Waals surface area contributed by atoms with Crippen LogP contribution < -0.4 is 10.1 Å². The van der Waals surface area contributed by atoms with Crippen molar-refractivity contribution in [3.05, 3.63) is 52.5 Å². The first-order chi connectivity index (χ1) is 9.51. The molecule has 0 spiro atoms. The Balaban J connectivity index is 2.38. The highest BCUT2D eigenvalue weighted by Crippen LogP contribution is 2.27. The van der Waals surface area contributed by atoms with Crippen LogP contribution in [0, 0.1) is 26.6 Å². The molecular weight excluding hydrogens is 255 g/mol. The normalized spacial score (nSPS) is 10.7. The van der Waals surface area contributed by atoms with E-state index in [0.29, 0.717) is 23.7 Å². The van der Waals surface area contributed by atoms with Crippen molar-refractivity contribution < 1.29 is 9.13 Å². The number of aromatic nitrogens is 1. The molecule has 1 aromatic carbocycles. The van der Waals surface area contributed by atoms with Crippen LogP contribution in [-0.2, 0) is 6.54 Å². The van der Waals surface area contributed by atoms with Crippen LogP contribution in [0.4, 0.5) is 4.39 Å². The zero-order chi connectivity index (χ0) is 14.7. The molecule has 1 heterocycles. The summed E-state index contributed by atoms with van der Waals surface area (Å²) in [5, 5.41) is 3.11. The predicted octanol–water partition coefficient (Wildman–Crippen LogP) is 3.66. The van der Waals surface area contributed by atoms with Crippen molar-refractivity contribution in [2.45, 2.75) is 27.3 Å².